The number of aryl methyl sites for hydroxylation is 1. The van der Waals surface area contributed by atoms with Crippen LogP contribution in [0.3, 0.4) is 0 Å². The summed E-state index contributed by atoms with van der Waals surface area (Å²) in [5.41, 5.74) is 1.03. The average molecular weight is 234 g/mol. The van der Waals surface area contributed by atoms with Crippen molar-refractivity contribution in [1.82, 2.24) is 0 Å². The van der Waals surface area contributed by atoms with Crippen LogP contribution in [0.2, 0.25) is 0 Å². The Morgan fingerprint density at radius 1 is 1.27 bits per heavy atom. The third-order valence-electron chi connectivity index (χ3n) is 1.77. The van der Waals surface area contributed by atoms with Crippen molar-refractivity contribution in [3.8, 4) is 5.75 Å². The fourth-order valence-electron chi connectivity index (χ4n) is 0.958. The van der Waals surface area contributed by atoms with Gasteiger partial charge in [0.25, 0.3) is 5.05 Å². The molecule has 0 aliphatic carbocycles. The lowest BCUT2D eigenvalue weighted by molar-refractivity contribution is -0.0676. The number of thiocarbonyl (C=S) groups is 1. The highest BCUT2D eigenvalue weighted by Crippen LogP contribution is 2.21. The van der Waals surface area contributed by atoms with Crippen molar-refractivity contribution in [2.45, 2.75) is 19.5 Å². The number of hydrogen-bond donors (Lipinski definition) is 0. The molecule has 0 aliphatic rings. The molecule has 1 rings (SSSR count). The molecule has 0 radical (unpaired) electrons. The number of halogens is 3. The quantitative estimate of drug-likeness (QED) is 0.724. The highest BCUT2D eigenvalue weighted by Gasteiger charge is 2.36. The lowest BCUT2D eigenvalue weighted by Gasteiger charge is -2.09. The van der Waals surface area contributed by atoms with Crippen LogP contribution >= 0.6 is 12.2 Å². The van der Waals surface area contributed by atoms with Crippen molar-refractivity contribution in [1.29, 1.82) is 0 Å². The minimum absolute atomic E-state index is 0.106. The Morgan fingerprint density at radius 3 is 2.20 bits per heavy atom. The van der Waals surface area contributed by atoms with E-state index < -0.39 is 11.2 Å². The molecule has 0 aromatic heterocycles. The summed E-state index contributed by atoms with van der Waals surface area (Å²) in [5, 5.41) is -1.37. The van der Waals surface area contributed by atoms with E-state index in [0.717, 1.165) is 12.0 Å². The lowest BCUT2D eigenvalue weighted by Crippen LogP contribution is -2.25. The zero-order chi connectivity index (χ0) is 11.5. The first-order valence-corrected chi connectivity index (χ1v) is 4.72. The molecule has 1 aromatic rings. The average Bonchev–Trinajstić information content (AvgIpc) is 2.17. The van der Waals surface area contributed by atoms with Gasteiger partial charge >= 0.3 is 6.18 Å². The van der Waals surface area contributed by atoms with E-state index in [1.807, 2.05) is 6.92 Å². The van der Waals surface area contributed by atoms with E-state index in [-0.39, 0.29) is 5.75 Å². The van der Waals surface area contributed by atoms with Crippen molar-refractivity contribution >= 4 is 17.3 Å². The van der Waals surface area contributed by atoms with Crippen LogP contribution < -0.4 is 4.74 Å². The summed E-state index contributed by atoms with van der Waals surface area (Å²) in [4.78, 5) is 0. The Kier molecular flexibility index (Phi) is 3.68. The van der Waals surface area contributed by atoms with Crippen LogP contribution in [-0.2, 0) is 6.42 Å². The third kappa shape index (κ3) is 3.51. The molecule has 0 amide bonds. The van der Waals surface area contributed by atoms with Gasteiger partial charge in [0, 0.05) is 0 Å². The van der Waals surface area contributed by atoms with E-state index in [1.54, 1.807) is 12.1 Å². The molecular formula is C10H9F3OS. The Hall–Kier alpha value is -1.10. The summed E-state index contributed by atoms with van der Waals surface area (Å²) >= 11 is 4.09. The molecule has 0 bridgehead atoms. The maximum absolute atomic E-state index is 12.0. The molecule has 0 heterocycles. The van der Waals surface area contributed by atoms with Crippen LogP contribution in [0.25, 0.3) is 0 Å². The van der Waals surface area contributed by atoms with Gasteiger partial charge in [0.1, 0.15) is 5.75 Å². The first-order valence-electron chi connectivity index (χ1n) is 4.31. The maximum Gasteiger partial charge on any atom is 0.460 e. The summed E-state index contributed by atoms with van der Waals surface area (Å²) < 4.78 is 40.5. The molecule has 1 aromatic carbocycles. The standard InChI is InChI=1S/C10H9F3OS/c1-2-7-3-5-8(6-4-7)14-9(15)10(11,12)13/h3-6H,2H2,1H3. The Morgan fingerprint density at radius 2 is 1.80 bits per heavy atom. The zero-order valence-electron chi connectivity index (χ0n) is 7.97. The van der Waals surface area contributed by atoms with Crippen LogP contribution in [0.15, 0.2) is 24.3 Å². The van der Waals surface area contributed by atoms with Crippen molar-refractivity contribution in [2.75, 3.05) is 0 Å². The summed E-state index contributed by atoms with van der Waals surface area (Å²) in [6.07, 6.45) is -3.76. The Balaban J connectivity index is 2.70. The molecule has 0 fully saturated rings. The van der Waals surface area contributed by atoms with Gasteiger partial charge in [-0.2, -0.15) is 13.2 Å². The first-order chi connectivity index (χ1) is 6.93. The normalized spacial score (nSPS) is 11.2. The number of ether oxygens (including phenoxy) is 1. The van der Waals surface area contributed by atoms with Crippen LogP contribution in [0, 0.1) is 0 Å². The van der Waals surface area contributed by atoms with Crippen molar-refractivity contribution in [2.24, 2.45) is 0 Å². The lowest BCUT2D eigenvalue weighted by atomic mass is 10.2. The molecule has 0 saturated carbocycles. The number of hydrogen-bond acceptors (Lipinski definition) is 2. The fraction of sp³-hybridized carbons (Fsp3) is 0.300. The van der Waals surface area contributed by atoms with E-state index >= 15 is 0 Å². The van der Waals surface area contributed by atoms with E-state index in [4.69, 9.17) is 0 Å². The molecular weight excluding hydrogens is 225 g/mol. The van der Waals surface area contributed by atoms with E-state index in [2.05, 4.69) is 17.0 Å². The minimum atomic E-state index is -4.58. The van der Waals surface area contributed by atoms with Gasteiger partial charge < -0.3 is 4.74 Å². The SMILES string of the molecule is CCc1ccc(OC(=S)C(F)(F)F)cc1. The fourth-order valence-corrected chi connectivity index (χ4v) is 1.05. The monoisotopic (exact) mass is 234 g/mol. The molecule has 0 N–H and O–H groups in total. The second-order valence-corrected chi connectivity index (χ2v) is 3.26. The van der Waals surface area contributed by atoms with Crippen molar-refractivity contribution in [3.05, 3.63) is 29.8 Å². The van der Waals surface area contributed by atoms with Gasteiger partial charge in [-0.1, -0.05) is 19.1 Å². The van der Waals surface area contributed by atoms with Gasteiger partial charge in [0.15, 0.2) is 0 Å². The molecule has 0 saturated heterocycles. The predicted molar refractivity (Wildman–Crippen MR) is 55.1 cm³/mol. The summed E-state index contributed by atoms with van der Waals surface area (Å²) in [6.45, 7) is 1.95. The summed E-state index contributed by atoms with van der Waals surface area (Å²) in [5.74, 6) is 0.106. The molecule has 0 unspecified atom stereocenters. The Labute approximate surface area is 90.9 Å². The molecule has 5 heteroatoms. The van der Waals surface area contributed by atoms with Gasteiger partial charge in [-0.15, -0.1) is 0 Å². The van der Waals surface area contributed by atoms with Gasteiger partial charge in [0.05, 0.1) is 0 Å². The predicted octanol–water partition coefficient (Wildman–Crippen LogP) is 3.52. The van der Waals surface area contributed by atoms with Crippen LogP contribution in [-0.4, -0.2) is 11.2 Å². The van der Waals surface area contributed by atoms with Gasteiger partial charge in [-0.25, -0.2) is 0 Å². The van der Waals surface area contributed by atoms with E-state index in [1.165, 1.54) is 12.1 Å². The molecule has 1 nitrogen and oxygen atoms in total. The van der Waals surface area contributed by atoms with Gasteiger partial charge in [-0.05, 0) is 36.3 Å². The summed E-state index contributed by atoms with van der Waals surface area (Å²) in [7, 11) is 0. The van der Waals surface area contributed by atoms with E-state index in [0.29, 0.717) is 0 Å². The molecule has 15 heavy (non-hydrogen) atoms. The number of alkyl halides is 3. The second kappa shape index (κ2) is 4.61. The molecule has 0 spiro atoms. The molecule has 0 aliphatic heterocycles. The Bertz CT molecular complexity index is 343. The largest absolute Gasteiger partial charge is 0.460 e. The van der Waals surface area contributed by atoms with Crippen LogP contribution in [0.1, 0.15) is 12.5 Å². The van der Waals surface area contributed by atoms with Crippen LogP contribution in [0.5, 0.6) is 5.75 Å². The second-order valence-electron chi connectivity index (χ2n) is 2.88. The maximum atomic E-state index is 12.0. The summed E-state index contributed by atoms with van der Waals surface area (Å²) in [6, 6.07) is 6.34. The highest BCUT2D eigenvalue weighted by atomic mass is 32.1. The number of rotatable bonds is 2. The van der Waals surface area contributed by atoms with Crippen molar-refractivity contribution in [3.63, 3.8) is 0 Å². The third-order valence-corrected chi connectivity index (χ3v) is 2.09. The molecule has 0 atom stereocenters. The van der Waals surface area contributed by atoms with Gasteiger partial charge in [0.2, 0.25) is 0 Å². The minimum Gasteiger partial charge on any atom is -0.442 e. The first kappa shape index (κ1) is 12.0. The highest BCUT2D eigenvalue weighted by molar-refractivity contribution is 7.80. The smallest absolute Gasteiger partial charge is 0.442 e. The number of benzene rings is 1. The molecule has 82 valence electrons. The van der Waals surface area contributed by atoms with Crippen LogP contribution in [0.4, 0.5) is 13.2 Å². The van der Waals surface area contributed by atoms with E-state index in [9.17, 15) is 13.2 Å². The van der Waals surface area contributed by atoms with Crippen molar-refractivity contribution < 1.29 is 17.9 Å². The zero-order valence-corrected chi connectivity index (χ0v) is 8.78. The van der Waals surface area contributed by atoms with Gasteiger partial charge in [-0.3, -0.25) is 0 Å². The topological polar surface area (TPSA) is 9.23 Å².